The Morgan fingerprint density at radius 1 is 1.27 bits per heavy atom. The van der Waals surface area contributed by atoms with Gasteiger partial charge >= 0.3 is 5.97 Å². The number of aromatic nitrogens is 1. The van der Waals surface area contributed by atoms with Crippen LogP contribution in [0.2, 0.25) is 0 Å². The molecule has 7 nitrogen and oxygen atoms in total. The molecule has 0 amide bonds. The summed E-state index contributed by atoms with van der Waals surface area (Å²) < 4.78 is 32.6. The number of fused-ring (bicyclic) bond motifs is 2. The lowest BCUT2D eigenvalue weighted by Gasteiger charge is -2.24. The van der Waals surface area contributed by atoms with E-state index < -0.39 is 17.8 Å². The summed E-state index contributed by atoms with van der Waals surface area (Å²) >= 11 is 1.17. The maximum atomic E-state index is 14.9. The molecule has 0 fully saturated rings. The number of allylic oxidation sites excluding steroid dienone is 1. The molecule has 0 aliphatic carbocycles. The van der Waals surface area contributed by atoms with E-state index in [1.165, 1.54) is 22.0 Å². The van der Waals surface area contributed by atoms with Gasteiger partial charge in [-0.05, 0) is 43.7 Å². The van der Waals surface area contributed by atoms with Crippen molar-refractivity contribution in [2.24, 2.45) is 4.99 Å². The summed E-state index contributed by atoms with van der Waals surface area (Å²) in [6.45, 7) is 3.65. The van der Waals surface area contributed by atoms with Crippen LogP contribution in [-0.2, 0) is 9.53 Å². The summed E-state index contributed by atoms with van der Waals surface area (Å²) in [6.07, 6.45) is 1.72. The first-order valence-electron chi connectivity index (χ1n) is 10.3. The molecule has 0 radical (unpaired) electrons. The van der Waals surface area contributed by atoms with E-state index >= 15 is 0 Å². The number of rotatable bonds is 4. The van der Waals surface area contributed by atoms with Gasteiger partial charge in [0.05, 0.1) is 22.4 Å². The summed E-state index contributed by atoms with van der Waals surface area (Å²) in [5.74, 6) is 0.0884. The van der Waals surface area contributed by atoms with Crippen molar-refractivity contribution in [2.75, 3.05) is 13.4 Å². The quantitative estimate of drug-likeness (QED) is 0.553. The average molecular weight is 466 g/mol. The van der Waals surface area contributed by atoms with Gasteiger partial charge in [-0.2, -0.15) is 0 Å². The Labute approximate surface area is 191 Å². The highest BCUT2D eigenvalue weighted by molar-refractivity contribution is 7.07. The molecule has 0 unspecified atom stereocenters. The molecule has 3 heterocycles. The van der Waals surface area contributed by atoms with Crippen molar-refractivity contribution < 1.29 is 23.4 Å². The number of hydrogen-bond donors (Lipinski definition) is 0. The third-order valence-corrected chi connectivity index (χ3v) is 6.39. The summed E-state index contributed by atoms with van der Waals surface area (Å²) in [6, 6.07) is 10.5. The van der Waals surface area contributed by atoms with E-state index in [0.29, 0.717) is 26.5 Å². The smallest absolute Gasteiger partial charge is 0.338 e. The van der Waals surface area contributed by atoms with E-state index in [1.807, 2.05) is 6.07 Å². The highest BCUT2D eigenvalue weighted by atomic mass is 32.1. The van der Waals surface area contributed by atoms with E-state index in [-0.39, 0.29) is 30.1 Å². The molecule has 2 aromatic carbocycles. The lowest BCUT2D eigenvalue weighted by molar-refractivity contribution is -0.139. The van der Waals surface area contributed by atoms with Crippen LogP contribution in [0.25, 0.3) is 6.08 Å². The Balaban J connectivity index is 1.71. The van der Waals surface area contributed by atoms with E-state index in [2.05, 4.69) is 4.99 Å². The normalized spacial score (nSPS) is 17.1. The molecular formula is C24H19FN2O5S. The van der Waals surface area contributed by atoms with Gasteiger partial charge in [0.15, 0.2) is 16.3 Å². The minimum absolute atomic E-state index is 0.143. The molecule has 1 aromatic heterocycles. The second-order valence-corrected chi connectivity index (χ2v) is 8.45. The van der Waals surface area contributed by atoms with Crippen LogP contribution in [0.1, 0.15) is 31.0 Å². The first kappa shape index (κ1) is 21.1. The van der Waals surface area contributed by atoms with Crippen LogP contribution in [0.15, 0.2) is 63.5 Å². The first-order chi connectivity index (χ1) is 16.0. The maximum absolute atomic E-state index is 14.9. The van der Waals surface area contributed by atoms with E-state index in [0.717, 1.165) is 5.56 Å². The summed E-state index contributed by atoms with van der Waals surface area (Å²) in [7, 11) is 0. The second-order valence-electron chi connectivity index (χ2n) is 7.44. The van der Waals surface area contributed by atoms with Crippen LogP contribution in [0.4, 0.5) is 4.39 Å². The monoisotopic (exact) mass is 466 g/mol. The van der Waals surface area contributed by atoms with Crippen molar-refractivity contribution >= 4 is 23.4 Å². The minimum atomic E-state index is -0.986. The Morgan fingerprint density at radius 3 is 2.85 bits per heavy atom. The highest BCUT2D eigenvalue weighted by Gasteiger charge is 2.34. The molecule has 0 saturated heterocycles. The van der Waals surface area contributed by atoms with E-state index in [1.54, 1.807) is 50.3 Å². The zero-order valence-corrected chi connectivity index (χ0v) is 18.6. The molecule has 0 bridgehead atoms. The molecule has 5 rings (SSSR count). The van der Waals surface area contributed by atoms with Crippen molar-refractivity contribution in [2.45, 2.75) is 19.9 Å². The second kappa shape index (κ2) is 8.32. The molecule has 2 aliphatic rings. The molecule has 9 heteroatoms. The van der Waals surface area contributed by atoms with Gasteiger partial charge in [-0.1, -0.05) is 35.6 Å². The fraction of sp³-hybridized carbons (Fsp3) is 0.208. The third kappa shape index (κ3) is 3.64. The molecule has 1 atom stereocenters. The highest BCUT2D eigenvalue weighted by Crippen LogP contribution is 2.33. The predicted molar refractivity (Wildman–Crippen MR) is 119 cm³/mol. The molecule has 168 valence electrons. The fourth-order valence-electron chi connectivity index (χ4n) is 3.94. The van der Waals surface area contributed by atoms with E-state index in [4.69, 9.17) is 14.2 Å². The fourth-order valence-corrected chi connectivity index (χ4v) is 4.98. The number of benzene rings is 2. The zero-order chi connectivity index (χ0) is 23.1. The number of hydrogen-bond acceptors (Lipinski definition) is 7. The minimum Gasteiger partial charge on any atom is -0.463 e. The lowest BCUT2D eigenvalue weighted by atomic mass is 9.95. The molecule has 3 aromatic rings. The number of nitrogens with zero attached hydrogens (tertiary/aromatic N) is 2. The number of halogens is 1. The number of ether oxygens (including phenoxy) is 3. The van der Waals surface area contributed by atoms with Crippen molar-refractivity contribution in [1.29, 1.82) is 0 Å². The van der Waals surface area contributed by atoms with Gasteiger partial charge in [0, 0.05) is 5.56 Å². The van der Waals surface area contributed by atoms with Crippen LogP contribution in [0.5, 0.6) is 11.5 Å². The molecule has 2 aliphatic heterocycles. The number of esters is 1. The maximum Gasteiger partial charge on any atom is 0.338 e. The lowest BCUT2D eigenvalue weighted by Crippen LogP contribution is -2.40. The molecular weight excluding hydrogens is 447 g/mol. The largest absolute Gasteiger partial charge is 0.463 e. The van der Waals surface area contributed by atoms with E-state index in [9.17, 15) is 14.0 Å². The van der Waals surface area contributed by atoms with Gasteiger partial charge in [-0.25, -0.2) is 14.2 Å². The Morgan fingerprint density at radius 2 is 2.06 bits per heavy atom. The SMILES string of the molecule is CCOC(=O)C1=C(C)N=c2sc(=Cc3ccc4c(c3)OCO4)c(=O)n2[C@H]1c1ccccc1F. The third-order valence-electron chi connectivity index (χ3n) is 5.41. The molecule has 0 N–H and O–H groups in total. The topological polar surface area (TPSA) is 79.1 Å². The van der Waals surface area contributed by atoms with Crippen molar-refractivity contribution in [3.8, 4) is 11.5 Å². The van der Waals surface area contributed by atoms with Crippen molar-refractivity contribution in [3.05, 3.63) is 90.4 Å². The van der Waals surface area contributed by atoms with Crippen molar-refractivity contribution in [1.82, 2.24) is 4.57 Å². The van der Waals surface area contributed by atoms with Gasteiger partial charge < -0.3 is 14.2 Å². The standard InChI is InChI=1S/C24H19FN2O5S/c1-3-30-23(29)20-13(2)26-24-27(21(20)15-6-4-5-7-16(15)25)22(28)19(33-24)11-14-8-9-17-18(10-14)32-12-31-17/h4-11,21H,3,12H2,1-2H3/t21-/m0/s1. The number of carbonyl (C=O) groups is 1. The van der Waals surface area contributed by atoms with Crippen LogP contribution in [0, 0.1) is 5.82 Å². The Kier molecular flexibility index (Phi) is 5.33. The van der Waals surface area contributed by atoms with Crippen molar-refractivity contribution in [3.63, 3.8) is 0 Å². The van der Waals surface area contributed by atoms with Gasteiger partial charge in [0.25, 0.3) is 5.56 Å². The molecule has 0 spiro atoms. The predicted octanol–water partition coefficient (Wildman–Crippen LogP) is 2.67. The summed E-state index contributed by atoms with van der Waals surface area (Å²) in [4.78, 5) is 31.2. The molecule has 0 saturated carbocycles. The number of thiazole rings is 1. The van der Waals surface area contributed by atoms with Gasteiger partial charge in [0.1, 0.15) is 11.9 Å². The average Bonchev–Trinajstić information content (AvgIpc) is 3.37. The zero-order valence-electron chi connectivity index (χ0n) is 17.8. The van der Waals surface area contributed by atoms with Crippen LogP contribution in [-0.4, -0.2) is 23.9 Å². The van der Waals surface area contributed by atoms with Crippen LogP contribution < -0.4 is 24.4 Å². The van der Waals surface area contributed by atoms with Gasteiger partial charge in [-0.15, -0.1) is 0 Å². The Hall–Kier alpha value is -3.72. The van der Waals surface area contributed by atoms with Gasteiger partial charge in [0.2, 0.25) is 6.79 Å². The Bertz CT molecular complexity index is 1490. The molecule has 33 heavy (non-hydrogen) atoms. The summed E-state index contributed by atoms with van der Waals surface area (Å²) in [5.41, 5.74) is 1.10. The summed E-state index contributed by atoms with van der Waals surface area (Å²) in [5, 5.41) is 0. The number of carbonyl (C=O) groups excluding carboxylic acids is 1. The van der Waals surface area contributed by atoms with Crippen LogP contribution >= 0.6 is 11.3 Å². The van der Waals surface area contributed by atoms with Gasteiger partial charge in [-0.3, -0.25) is 9.36 Å². The first-order valence-corrected chi connectivity index (χ1v) is 11.1. The van der Waals surface area contributed by atoms with Crippen LogP contribution in [0.3, 0.4) is 0 Å².